The third-order valence-corrected chi connectivity index (χ3v) is 3.58. The fourth-order valence-electron chi connectivity index (χ4n) is 2.23. The summed E-state index contributed by atoms with van der Waals surface area (Å²) in [7, 11) is 1.81. The van der Waals surface area contributed by atoms with Crippen LogP contribution in [0.25, 0.3) is 0 Å². The number of carbonyl (C=O) groups is 1. The Kier molecular flexibility index (Phi) is 3.11. The second kappa shape index (κ2) is 4.31. The highest BCUT2D eigenvalue weighted by Crippen LogP contribution is 2.32. The largest absolute Gasteiger partial charge is 0.397 e. The van der Waals surface area contributed by atoms with E-state index in [9.17, 15) is 4.79 Å². The van der Waals surface area contributed by atoms with Gasteiger partial charge in [0.25, 0.3) is 0 Å². The molecule has 0 saturated carbocycles. The number of piperazine rings is 1. The lowest BCUT2D eigenvalue weighted by molar-refractivity contribution is -0.136. The molecule has 1 saturated heterocycles. The van der Waals surface area contributed by atoms with E-state index >= 15 is 0 Å². The molecule has 2 heterocycles. The van der Waals surface area contributed by atoms with Gasteiger partial charge in [-0.25, -0.2) is 4.98 Å². The number of rotatable bonds is 1. The SMILES string of the molecule is CN1CCN(c2ncc(N)cc2Cl)C(C)(C)C1=O. The summed E-state index contributed by atoms with van der Waals surface area (Å²) < 4.78 is 0. The Hall–Kier alpha value is -1.49. The number of anilines is 2. The predicted octanol–water partition coefficient (Wildman–Crippen LogP) is 1.37. The maximum absolute atomic E-state index is 12.2. The lowest BCUT2D eigenvalue weighted by Gasteiger charge is -2.45. The number of nitrogen functional groups attached to an aromatic ring is 1. The molecule has 1 fully saturated rings. The van der Waals surface area contributed by atoms with Crippen LogP contribution in [0.5, 0.6) is 0 Å². The van der Waals surface area contributed by atoms with Gasteiger partial charge in [-0.15, -0.1) is 0 Å². The Morgan fingerprint density at radius 2 is 2.11 bits per heavy atom. The highest BCUT2D eigenvalue weighted by Gasteiger charge is 2.41. The van der Waals surface area contributed by atoms with E-state index in [0.29, 0.717) is 29.6 Å². The average Bonchev–Trinajstić information content (AvgIpc) is 2.28. The molecule has 2 rings (SSSR count). The van der Waals surface area contributed by atoms with Crippen LogP contribution in [0, 0.1) is 0 Å². The maximum atomic E-state index is 12.2. The van der Waals surface area contributed by atoms with Crippen LogP contribution in [-0.2, 0) is 4.79 Å². The van der Waals surface area contributed by atoms with Gasteiger partial charge in [0.05, 0.1) is 16.9 Å². The van der Waals surface area contributed by atoms with E-state index in [1.165, 1.54) is 0 Å². The first-order chi connectivity index (χ1) is 8.34. The molecule has 0 aliphatic carbocycles. The summed E-state index contributed by atoms with van der Waals surface area (Å²) in [6.45, 7) is 5.11. The number of carbonyl (C=O) groups excluding carboxylic acids is 1. The third kappa shape index (κ3) is 1.99. The molecule has 1 aliphatic heterocycles. The van der Waals surface area contributed by atoms with Crippen molar-refractivity contribution in [2.75, 3.05) is 30.8 Å². The van der Waals surface area contributed by atoms with Crippen LogP contribution in [0.2, 0.25) is 5.02 Å². The zero-order valence-corrected chi connectivity index (χ0v) is 11.5. The minimum Gasteiger partial charge on any atom is -0.397 e. The van der Waals surface area contributed by atoms with Gasteiger partial charge in [0, 0.05) is 20.1 Å². The number of likely N-dealkylation sites (N-methyl/N-ethyl adjacent to an activating group) is 1. The van der Waals surface area contributed by atoms with Gasteiger partial charge in [0.15, 0.2) is 0 Å². The van der Waals surface area contributed by atoms with Crippen LogP contribution in [0.4, 0.5) is 11.5 Å². The third-order valence-electron chi connectivity index (χ3n) is 3.30. The van der Waals surface area contributed by atoms with Crippen molar-refractivity contribution in [1.29, 1.82) is 0 Å². The lowest BCUT2D eigenvalue weighted by Crippen LogP contribution is -2.62. The number of pyridine rings is 1. The monoisotopic (exact) mass is 268 g/mol. The predicted molar refractivity (Wildman–Crippen MR) is 72.7 cm³/mol. The van der Waals surface area contributed by atoms with Gasteiger partial charge < -0.3 is 15.5 Å². The number of hydrogen-bond acceptors (Lipinski definition) is 4. The first-order valence-electron chi connectivity index (χ1n) is 5.78. The molecular weight excluding hydrogens is 252 g/mol. The molecule has 0 aromatic carbocycles. The van der Waals surface area contributed by atoms with Gasteiger partial charge in [0.1, 0.15) is 11.4 Å². The van der Waals surface area contributed by atoms with E-state index in [4.69, 9.17) is 17.3 Å². The molecule has 5 nitrogen and oxygen atoms in total. The van der Waals surface area contributed by atoms with Crippen LogP contribution in [0.1, 0.15) is 13.8 Å². The summed E-state index contributed by atoms with van der Waals surface area (Å²) in [5.74, 6) is 0.667. The minimum atomic E-state index is -0.653. The van der Waals surface area contributed by atoms with E-state index in [1.54, 1.807) is 24.2 Å². The van der Waals surface area contributed by atoms with Crippen molar-refractivity contribution in [2.45, 2.75) is 19.4 Å². The highest BCUT2D eigenvalue weighted by molar-refractivity contribution is 6.33. The summed E-state index contributed by atoms with van der Waals surface area (Å²) in [5.41, 5.74) is 5.50. The Bertz CT molecular complexity index is 489. The Morgan fingerprint density at radius 3 is 2.72 bits per heavy atom. The number of amides is 1. The normalized spacial score (nSPS) is 19.2. The van der Waals surface area contributed by atoms with Crippen molar-refractivity contribution in [2.24, 2.45) is 0 Å². The average molecular weight is 269 g/mol. The zero-order chi connectivity index (χ0) is 13.5. The Labute approximate surface area is 112 Å². The van der Waals surface area contributed by atoms with Gasteiger partial charge in [0.2, 0.25) is 5.91 Å². The van der Waals surface area contributed by atoms with Crippen LogP contribution in [0.15, 0.2) is 12.3 Å². The van der Waals surface area contributed by atoms with Gasteiger partial charge in [-0.05, 0) is 19.9 Å². The van der Waals surface area contributed by atoms with Gasteiger partial charge in [-0.3, -0.25) is 4.79 Å². The molecule has 0 unspecified atom stereocenters. The van der Waals surface area contributed by atoms with Crippen molar-refractivity contribution in [1.82, 2.24) is 9.88 Å². The second-order valence-corrected chi connectivity index (χ2v) is 5.42. The molecule has 0 atom stereocenters. The summed E-state index contributed by atoms with van der Waals surface area (Å²) >= 11 is 6.17. The smallest absolute Gasteiger partial charge is 0.247 e. The first kappa shape index (κ1) is 13.0. The molecule has 1 amide bonds. The van der Waals surface area contributed by atoms with Crippen molar-refractivity contribution in [3.8, 4) is 0 Å². The van der Waals surface area contributed by atoms with Crippen LogP contribution in [-0.4, -0.2) is 41.5 Å². The van der Waals surface area contributed by atoms with Crippen molar-refractivity contribution in [3.05, 3.63) is 17.3 Å². The minimum absolute atomic E-state index is 0.0587. The summed E-state index contributed by atoms with van der Waals surface area (Å²) in [6, 6.07) is 1.66. The lowest BCUT2D eigenvalue weighted by atomic mass is 9.98. The fourth-order valence-corrected chi connectivity index (χ4v) is 2.51. The molecule has 0 radical (unpaired) electrons. The van der Waals surface area contributed by atoms with Crippen LogP contribution < -0.4 is 10.6 Å². The number of aromatic nitrogens is 1. The molecule has 0 spiro atoms. The van der Waals surface area contributed by atoms with Crippen molar-refractivity contribution < 1.29 is 4.79 Å². The number of halogens is 1. The van der Waals surface area contributed by atoms with Gasteiger partial charge >= 0.3 is 0 Å². The Balaban J connectivity index is 2.41. The standard InChI is InChI=1S/C12H17ClN4O/c1-12(2)11(18)16(3)4-5-17(12)10-9(13)6-8(14)7-15-10/h6-7H,4-5,14H2,1-3H3. The molecule has 98 valence electrons. The van der Waals surface area contributed by atoms with Gasteiger partial charge in [-0.1, -0.05) is 11.6 Å². The quantitative estimate of drug-likeness (QED) is 0.836. The molecule has 1 aromatic heterocycles. The van der Waals surface area contributed by atoms with Gasteiger partial charge in [-0.2, -0.15) is 0 Å². The summed E-state index contributed by atoms with van der Waals surface area (Å²) in [5, 5.41) is 0.473. The van der Waals surface area contributed by atoms with E-state index < -0.39 is 5.54 Å². The molecule has 0 bridgehead atoms. The molecule has 18 heavy (non-hydrogen) atoms. The molecular formula is C12H17ClN4O. The highest BCUT2D eigenvalue weighted by atomic mass is 35.5. The number of nitrogens with zero attached hydrogens (tertiary/aromatic N) is 3. The van der Waals surface area contributed by atoms with Crippen LogP contribution in [0.3, 0.4) is 0 Å². The summed E-state index contributed by atoms with van der Waals surface area (Å²) in [6.07, 6.45) is 1.56. The molecule has 1 aromatic rings. The molecule has 6 heteroatoms. The molecule has 2 N–H and O–H groups in total. The first-order valence-corrected chi connectivity index (χ1v) is 6.16. The number of nitrogens with two attached hydrogens (primary N) is 1. The van der Waals surface area contributed by atoms with E-state index in [2.05, 4.69) is 4.98 Å². The Morgan fingerprint density at radius 1 is 1.44 bits per heavy atom. The number of hydrogen-bond donors (Lipinski definition) is 1. The van der Waals surface area contributed by atoms with E-state index in [-0.39, 0.29) is 5.91 Å². The maximum Gasteiger partial charge on any atom is 0.247 e. The van der Waals surface area contributed by atoms with Crippen molar-refractivity contribution in [3.63, 3.8) is 0 Å². The van der Waals surface area contributed by atoms with E-state index in [0.717, 1.165) is 0 Å². The fraction of sp³-hybridized carbons (Fsp3) is 0.500. The molecule has 1 aliphatic rings. The van der Waals surface area contributed by atoms with E-state index in [1.807, 2.05) is 18.7 Å². The van der Waals surface area contributed by atoms with Crippen LogP contribution >= 0.6 is 11.6 Å². The van der Waals surface area contributed by atoms with Crippen molar-refractivity contribution >= 4 is 29.0 Å². The zero-order valence-electron chi connectivity index (χ0n) is 10.8. The topological polar surface area (TPSA) is 62.5 Å². The summed E-state index contributed by atoms with van der Waals surface area (Å²) in [4.78, 5) is 20.1. The second-order valence-electron chi connectivity index (χ2n) is 5.01.